The smallest absolute Gasteiger partial charge is 0.129 e. The quantitative estimate of drug-likeness (QED) is 0.801. The molecule has 16 heavy (non-hydrogen) atoms. The predicted molar refractivity (Wildman–Crippen MR) is 65.7 cm³/mol. The fourth-order valence-corrected chi connectivity index (χ4v) is 1.52. The van der Waals surface area contributed by atoms with Crippen molar-refractivity contribution in [1.82, 2.24) is 9.97 Å². The number of ether oxygens (including phenoxy) is 1. The topological polar surface area (TPSA) is 47.0 Å². The number of aryl methyl sites for hydroxylation is 2. The lowest BCUT2D eigenvalue weighted by atomic mass is 10.2. The van der Waals surface area contributed by atoms with Gasteiger partial charge in [-0.25, -0.2) is 9.97 Å². The van der Waals surface area contributed by atoms with Crippen LogP contribution in [0.4, 0.5) is 5.82 Å². The Labute approximate surface area is 97.5 Å². The molecule has 1 heterocycles. The number of nitrogens with zero attached hydrogens (tertiary/aromatic N) is 2. The van der Waals surface area contributed by atoms with Crippen LogP contribution in [-0.4, -0.2) is 30.2 Å². The number of hydrogen-bond donors (Lipinski definition) is 1. The molecule has 0 amide bonds. The maximum atomic E-state index is 5.09. The zero-order chi connectivity index (χ0) is 12.0. The van der Waals surface area contributed by atoms with Crippen LogP contribution in [-0.2, 0) is 11.2 Å². The third kappa shape index (κ3) is 4.14. The summed E-state index contributed by atoms with van der Waals surface area (Å²) in [5.74, 6) is 2.21. The molecule has 0 saturated carbocycles. The van der Waals surface area contributed by atoms with E-state index in [0.29, 0.717) is 5.92 Å². The molecule has 1 rings (SSSR count). The highest BCUT2D eigenvalue weighted by molar-refractivity contribution is 5.36. The molecule has 1 aromatic rings. The number of hydrogen-bond acceptors (Lipinski definition) is 4. The van der Waals surface area contributed by atoms with E-state index in [4.69, 9.17) is 4.74 Å². The van der Waals surface area contributed by atoms with E-state index in [2.05, 4.69) is 29.1 Å². The monoisotopic (exact) mass is 223 g/mol. The summed E-state index contributed by atoms with van der Waals surface area (Å²) in [6.07, 6.45) is 0.936. The Balaban J connectivity index is 2.56. The number of aromatic nitrogens is 2. The molecule has 1 atom stereocenters. The van der Waals surface area contributed by atoms with Gasteiger partial charge >= 0.3 is 0 Å². The van der Waals surface area contributed by atoms with Crippen LogP contribution in [0.2, 0.25) is 0 Å². The molecule has 90 valence electrons. The Morgan fingerprint density at radius 2 is 2.19 bits per heavy atom. The molecule has 0 aliphatic rings. The summed E-state index contributed by atoms with van der Waals surface area (Å²) < 4.78 is 5.09. The minimum Gasteiger partial charge on any atom is -0.384 e. The van der Waals surface area contributed by atoms with Crippen molar-refractivity contribution < 1.29 is 4.74 Å². The standard InChI is InChI=1S/C12H21N3O/c1-5-11-6-12(15-10(3)14-11)13-7-9(2)8-16-4/h6,9H,5,7-8H2,1-4H3,(H,13,14,15). The molecule has 0 fully saturated rings. The predicted octanol–water partition coefficient (Wildman–Crippen LogP) is 2.04. The van der Waals surface area contributed by atoms with Crippen molar-refractivity contribution in [3.05, 3.63) is 17.6 Å². The van der Waals surface area contributed by atoms with E-state index < -0.39 is 0 Å². The van der Waals surface area contributed by atoms with Gasteiger partial charge in [-0.15, -0.1) is 0 Å². The maximum Gasteiger partial charge on any atom is 0.129 e. The van der Waals surface area contributed by atoms with Crippen molar-refractivity contribution >= 4 is 5.82 Å². The average molecular weight is 223 g/mol. The van der Waals surface area contributed by atoms with Gasteiger partial charge in [0, 0.05) is 25.4 Å². The lowest BCUT2D eigenvalue weighted by Crippen LogP contribution is -2.17. The van der Waals surface area contributed by atoms with Crippen molar-refractivity contribution in [2.24, 2.45) is 5.92 Å². The van der Waals surface area contributed by atoms with Crippen molar-refractivity contribution in [2.75, 3.05) is 25.6 Å². The first-order valence-electron chi connectivity index (χ1n) is 5.73. The number of nitrogens with one attached hydrogen (secondary N) is 1. The van der Waals surface area contributed by atoms with Gasteiger partial charge in [-0.3, -0.25) is 0 Å². The second kappa shape index (κ2) is 6.43. The Bertz CT molecular complexity index is 328. The summed E-state index contributed by atoms with van der Waals surface area (Å²) in [5, 5.41) is 3.31. The molecule has 4 heteroatoms. The van der Waals surface area contributed by atoms with Gasteiger partial charge in [-0.2, -0.15) is 0 Å². The summed E-state index contributed by atoms with van der Waals surface area (Å²) >= 11 is 0. The van der Waals surface area contributed by atoms with Crippen LogP contribution >= 0.6 is 0 Å². The van der Waals surface area contributed by atoms with Gasteiger partial charge in [0.05, 0.1) is 6.61 Å². The molecule has 0 spiro atoms. The second-order valence-electron chi connectivity index (χ2n) is 4.09. The second-order valence-corrected chi connectivity index (χ2v) is 4.09. The van der Waals surface area contributed by atoms with Crippen LogP contribution in [0, 0.1) is 12.8 Å². The van der Waals surface area contributed by atoms with E-state index in [1.807, 2.05) is 13.0 Å². The van der Waals surface area contributed by atoms with Crippen molar-refractivity contribution in [3.8, 4) is 0 Å². The summed E-state index contributed by atoms with van der Waals surface area (Å²) in [4.78, 5) is 8.69. The molecule has 1 unspecified atom stereocenters. The van der Waals surface area contributed by atoms with E-state index in [1.165, 1.54) is 0 Å². The Hall–Kier alpha value is -1.16. The fraction of sp³-hybridized carbons (Fsp3) is 0.667. The number of anilines is 1. The highest BCUT2D eigenvalue weighted by Crippen LogP contribution is 2.08. The molecule has 1 N–H and O–H groups in total. The first-order chi connectivity index (χ1) is 7.65. The molecule has 0 bridgehead atoms. The van der Waals surface area contributed by atoms with Crippen LogP contribution < -0.4 is 5.32 Å². The molecule has 0 saturated heterocycles. The van der Waals surface area contributed by atoms with Crippen molar-refractivity contribution in [1.29, 1.82) is 0 Å². The first-order valence-corrected chi connectivity index (χ1v) is 5.73. The first kappa shape index (κ1) is 12.9. The SMILES string of the molecule is CCc1cc(NCC(C)COC)nc(C)n1. The summed E-state index contributed by atoms with van der Waals surface area (Å²) in [6, 6.07) is 2.01. The molecule has 0 radical (unpaired) electrons. The number of methoxy groups -OCH3 is 1. The van der Waals surface area contributed by atoms with Crippen LogP contribution in [0.15, 0.2) is 6.07 Å². The van der Waals surface area contributed by atoms with E-state index in [0.717, 1.165) is 36.9 Å². The zero-order valence-electron chi connectivity index (χ0n) is 10.6. The van der Waals surface area contributed by atoms with Crippen LogP contribution in [0.1, 0.15) is 25.4 Å². The molecular formula is C12H21N3O. The summed E-state index contributed by atoms with van der Waals surface area (Å²) in [6.45, 7) is 7.79. The molecule has 0 aliphatic heterocycles. The third-order valence-electron chi connectivity index (χ3n) is 2.34. The van der Waals surface area contributed by atoms with Crippen LogP contribution in [0.25, 0.3) is 0 Å². The van der Waals surface area contributed by atoms with E-state index in [1.54, 1.807) is 7.11 Å². The van der Waals surface area contributed by atoms with Gasteiger partial charge in [0.25, 0.3) is 0 Å². The Morgan fingerprint density at radius 3 is 2.81 bits per heavy atom. The molecule has 1 aromatic heterocycles. The van der Waals surface area contributed by atoms with Crippen molar-refractivity contribution in [2.45, 2.75) is 27.2 Å². The largest absolute Gasteiger partial charge is 0.384 e. The van der Waals surface area contributed by atoms with E-state index >= 15 is 0 Å². The molecule has 0 aliphatic carbocycles. The average Bonchev–Trinajstić information content (AvgIpc) is 2.26. The lowest BCUT2D eigenvalue weighted by Gasteiger charge is -2.12. The molecular weight excluding hydrogens is 202 g/mol. The minimum atomic E-state index is 0.477. The summed E-state index contributed by atoms with van der Waals surface area (Å²) in [7, 11) is 1.72. The van der Waals surface area contributed by atoms with Gasteiger partial charge in [0.1, 0.15) is 11.6 Å². The molecule has 0 aromatic carbocycles. The lowest BCUT2D eigenvalue weighted by molar-refractivity contribution is 0.164. The third-order valence-corrected chi connectivity index (χ3v) is 2.34. The van der Waals surface area contributed by atoms with Gasteiger partial charge in [0.15, 0.2) is 0 Å². The van der Waals surface area contributed by atoms with Gasteiger partial charge < -0.3 is 10.1 Å². The van der Waals surface area contributed by atoms with Gasteiger partial charge in [-0.1, -0.05) is 13.8 Å². The van der Waals surface area contributed by atoms with Gasteiger partial charge in [0.2, 0.25) is 0 Å². The Morgan fingerprint density at radius 1 is 1.44 bits per heavy atom. The minimum absolute atomic E-state index is 0.477. The van der Waals surface area contributed by atoms with Crippen LogP contribution in [0.5, 0.6) is 0 Å². The van der Waals surface area contributed by atoms with E-state index in [9.17, 15) is 0 Å². The zero-order valence-corrected chi connectivity index (χ0v) is 10.6. The fourth-order valence-electron chi connectivity index (χ4n) is 1.52. The maximum absolute atomic E-state index is 5.09. The van der Waals surface area contributed by atoms with Crippen LogP contribution in [0.3, 0.4) is 0 Å². The highest BCUT2D eigenvalue weighted by atomic mass is 16.5. The van der Waals surface area contributed by atoms with Gasteiger partial charge in [-0.05, 0) is 19.3 Å². The highest BCUT2D eigenvalue weighted by Gasteiger charge is 2.03. The normalized spacial score (nSPS) is 12.5. The number of rotatable bonds is 6. The van der Waals surface area contributed by atoms with Crippen molar-refractivity contribution in [3.63, 3.8) is 0 Å². The molecule has 4 nitrogen and oxygen atoms in total. The van der Waals surface area contributed by atoms with E-state index in [-0.39, 0.29) is 0 Å². The Kier molecular flexibility index (Phi) is 5.19. The summed E-state index contributed by atoms with van der Waals surface area (Å²) in [5.41, 5.74) is 1.08.